The van der Waals surface area contributed by atoms with E-state index in [4.69, 9.17) is 0 Å². The van der Waals surface area contributed by atoms with Gasteiger partial charge in [-0.05, 0) is 43.4 Å². The number of likely N-dealkylation sites (tertiary alicyclic amines) is 1. The molecule has 4 heteroatoms. The summed E-state index contributed by atoms with van der Waals surface area (Å²) in [5, 5.41) is 0. The second-order valence-corrected chi connectivity index (χ2v) is 6.80. The van der Waals surface area contributed by atoms with Crippen LogP contribution in [0, 0.1) is 0 Å². The van der Waals surface area contributed by atoms with Gasteiger partial charge in [0.15, 0.2) is 0 Å². The number of pyridine rings is 1. The van der Waals surface area contributed by atoms with Gasteiger partial charge in [-0.25, -0.2) is 4.98 Å². The normalized spacial score (nSPS) is 17.4. The average molecular weight is 337 g/mol. The first-order valence-electron chi connectivity index (χ1n) is 9.21. The molecule has 0 radical (unpaired) electrons. The molecule has 0 saturated carbocycles. The van der Waals surface area contributed by atoms with Gasteiger partial charge >= 0.3 is 0 Å². The number of hydrogen-bond donors (Lipinski definition) is 0. The Labute approximate surface area is 150 Å². The molecule has 4 nitrogen and oxygen atoms in total. The molecule has 132 valence electrons. The highest BCUT2D eigenvalue weighted by atomic mass is 16.2. The van der Waals surface area contributed by atoms with E-state index in [2.05, 4.69) is 28.9 Å². The van der Waals surface area contributed by atoms with Crippen LogP contribution in [-0.2, 0) is 6.54 Å². The third kappa shape index (κ3) is 4.19. The number of rotatable bonds is 5. The van der Waals surface area contributed by atoms with Crippen molar-refractivity contribution < 1.29 is 4.79 Å². The van der Waals surface area contributed by atoms with Crippen molar-refractivity contribution >= 4 is 11.6 Å². The molecule has 1 aliphatic rings. The van der Waals surface area contributed by atoms with Crippen molar-refractivity contribution in [2.24, 2.45) is 0 Å². The predicted molar refractivity (Wildman–Crippen MR) is 102 cm³/mol. The topological polar surface area (TPSA) is 36.4 Å². The summed E-state index contributed by atoms with van der Waals surface area (Å²) < 4.78 is 0. The number of anilines is 1. The highest BCUT2D eigenvalue weighted by Crippen LogP contribution is 2.22. The van der Waals surface area contributed by atoms with Crippen LogP contribution < -0.4 is 4.90 Å². The van der Waals surface area contributed by atoms with E-state index in [1.807, 2.05) is 42.3 Å². The number of carbonyl (C=O) groups is 1. The summed E-state index contributed by atoms with van der Waals surface area (Å²) in [6.45, 7) is 3.83. The molecule has 1 aliphatic heterocycles. The van der Waals surface area contributed by atoms with Crippen molar-refractivity contribution in [2.45, 2.75) is 45.2 Å². The Morgan fingerprint density at radius 3 is 2.68 bits per heavy atom. The first-order valence-corrected chi connectivity index (χ1v) is 9.21. The number of benzene rings is 1. The van der Waals surface area contributed by atoms with Gasteiger partial charge in [-0.2, -0.15) is 0 Å². The van der Waals surface area contributed by atoms with Gasteiger partial charge in [0.25, 0.3) is 5.91 Å². The molecule has 1 aromatic heterocycles. The van der Waals surface area contributed by atoms with Gasteiger partial charge in [-0.1, -0.05) is 37.3 Å². The molecule has 1 aromatic carbocycles. The van der Waals surface area contributed by atoms with Gasteiger partial charge in [0.1, 0.15) is 5.69 Å². The molecule has 1 atom stereocenters. The van der Waals surface area contributed by atoms with Gasteiger partial charge in [0.05, 0.1) is 11.9 Å². The Kier molecular flexibility index (Phi) is 5.69. The van der Waals surface area contributed by atoms with Crippen LogP contribution >= 0.6 is 0 Å². The Balaban J connectivity index is 1.68. The molecule has 1 unspecified atom stereocenters. The van der Waals surface area contributed by atoms with Gasteiger partial charge in [-0.15, -0.1) is 0 Å². The molecule has 0 aliphatic carbocycles. The Morgan fingerprint density at radius 1 is 1.20 bits per heavy atom. The van der Waals surface area contributed by atoms with Crippen LogP contribution in [0.2, 0.25) is 0 Å². The summed E-state index contributed by atoms with van der Waals surface area (Å²) in [4.78, 5) is 21.4. The third-order valence-electron chi connectivity index (χ3n) is 5.03. The van der Waals surface area contributed by atoms with Crippen LogP contribution in [0.15, 0.2) is 48.7 Å². The fourth-order valence-corrected chi connectivity index (χ4v) is 3.53. The zero-order valence-electron chi connectivity index (χ0n) is 15.2. The predicted octanol–water partition coefficient (Wildman–Crippen LogP) is 4.12. The Bertz CT molecular complexity index is 684. The number of aromatic nitrogens is 1. The molecule has 25 heavy (non-hydrogen) atoms. The first-order chi connectivity index (χ1) is 12.2. The van der Waals surface area contributed by atoms with E-state index in [1.54, 1.807) is 6.20 Å². The van der Waals surface area contributed by atoms with Crippen molar-refractivity contribution in [1.82, 2.24) is 9.88 Å². The van der Waals surface area contributed by atoms with Crippen LogP contribution in [-0.4, -0.2) is 35.4 Å². The number of hydrogen-bond acceptors (Lipinski definition) is 3. The third-order valence-corrected chi connectivity index (χ3v) is 5.03. The molecule has 1 saturated heterocycles. The molecule has 1 fully saturated rings. The van der Waals surface area contributed by atoms with Crippen LogP contribution in [0.5, 0.6) is 0 Å². The smallest absolute Gasteiger partial charge is 0.272 e. The fourth-order valence-electron chi connectivity index (χ4n) is 3.53. The monoisotopic (exact) mass is 337 g/mol. The zero-order valence-corrected chi connectivity index (χ0v) is 15.2. The van der Waals surface area contributed by atoms with Crippen molar-refractivity contribution in [2.75, 3.05) is 18.5 Å². The van der Waals surface area contributed by atoms with E-state index < -0.39 is 0 Å². The maximum atomic E-state index is 12.8. The first kappa shape index (κ1) is 17.5. The summed E-state index contributed by atoms with van der Waals surface area (Å²) >= 11 is 0. The second-order valence-electron chi connectivity index (χ2n) is 6.80. The van der Waals surface area contributed by atoms with E-state index in [1.165, 1.54) is 12.0 Å². The van der Waals surface area contributed by atoms with Crippen LogP contribution in [0.25, 0.3) is 0 Å². The van der Waals surface area contributed by atoms with Crippen LogP contribution in [0.4, 0.5) is 5.69 Å². The minimum absolute atomic E-state index is 0.0730. The van der Waals surface area contributed by atoms with Crippen molar-refractivity contribution in [1.29, 1.82) is 0 Å². The molecule has 2 aromatic rings. The molecule has 1 amide bonds. The molecule has 2 heterocycles. The fraction of sp³-hybridized carbons (Fsp3) is 0.429. The highest BCUT2D eigenvalue weighted by molar-refractivity contribution is 5.92. The minimum Gasteiger partial charge on any atom is -0.369 e. The summed E-state index contributed by atoms with van der Waals surface area (Å²) in [6.07, 6.45) is 6.25. The minimum atomic E-state index is 0.0730. The maximum Gasteiger partial charge on any atom is 0.272 e. The van der Waals surface area contributed by atoms with Gasteiger partial charge in [-0.3, -0.25) is 4.79 Å². The standard InChI is InChI=1S/C21H27N3O/c1-3-18-11-7-8-14-24(18)21(25)20-13-12-19(15-22-20)23(2)16-17-9-5-4-6-10-17/h4-6,9-10,12-13,15,18H,3,7-8,11,14,16H2,1-2H3. The summed E-state index contributed by atoms with van der Waals surface area (Å²) in [6, 6.07) is 14.6. The van der Waals surface area contributed by atoms with E-state index in [0.717, 1.165) is 38.0 Å². The van der Waals surface area contributed by atoms with Crippen molar-refractivity contribution in [3.63, 3.8) is 0 Å². The summed E-state index contributed by atoms with van der Waals surface area (Å²) in [5.41, 5.74) is 2.83. The van der Waals surface area contributed by atoms with E-state index >= 15 is 0 Å². The Hall–Kier alpha value is -2.36. The molecule has 0 bridgehead atoms. The quantitative estimate of drug-likeness (QED) is 0.823. The largest absolute Gasteiger partial charge is 0.369 e. The van der Waals surface area contributed by atoms with Gasteiger partial charge in [0, 0.05) is 26.2 Å². The van der Waals surface area contributed by atoms with Crippen molar-refractivity contribution in [3.05, 3.63) is 59.9 Å². The average Bonchev–Trinajstić information content (AvgIpc) is 2.68. The SMILES string of the molecule is CCC1CCCCN1C(=O)c1ccc(N(C)Cc2ccccc2)cn1. The lowest BCUT2D eigenvalue weighted by molar-refractivity contribution is 0.0602. The van der Waals surface area contributed by atoms with E-state index in [-0.39, 0.29) is 5.91 Å². The molecular weight excluding hydrogens is 310 g/mol. The second kappa shape index (κ2) is 8.15. The number of piperidine rings is 1. The number of carbonyl (C=O) groups excluding carboxylic acids is 1. The summed E-state index contributed by atoms with van der Waals surface area (Å²) in [5.74, 6) is 0.0730. The molecular formula is C21H27N3O. The van der Waals surface area contributed by atoms with Gasteiger partial charge in [0.2, 0.25) is 0 Å². The lowest BCUT2D eigenvalue weighted by atomic mass is 9.99. The van der Waals surface area contributed by atoms with Crippen LogP contribution in [0.3, 0.4) is 0 Å². The molecule has 0 N–H and O–H groups in total. The number of amides is 1. The summed E-state index contributed by atoms with van der Waals surface area (Å²) in [7, 11) is 2.04. The molecule has 3 rings (SSSR count). The van der Waals surface area contributed by atoms with E-state index in [9.17, 15) is 4.79 Å². The van der Waals surface area contributed by atoms with Crippen LogP contribution in [0.1, 0.15) is 48.7 Å². The Morgan fingerprint density at radius 2 is 2.00 bits per heavy atom. The highest BCUT2D eigenvalue weighted by Gasteiger charge is 2.26. The lowest BCUT2D eigenvalue weighted by Crippen LogP contribution is -2.43. The molecule has 0 spiro atoms. The van der Waals surface area contributed by atoms with Crippen molar-refractivity contribution in [3.8, 4) is 0 Å². The van der Waals surface area contributed by atoms with E-state index in [0.29, 0.717) is 11.7 Å². The lowest BCUT2D eigenvalue weighted by Gasteiger charge is -2.35. The maximum absolute atomic E-state index is 12.8. The van der Waals surface area contributed by atoms with Gasteiger partial charge < -0.3 is 9.80 Å². The number of nitrogens with zero attached hydrogens (tertiary/aromatic N) is 3. The zero-order chi connectivity index (χ0) is 17.6.